The Hall–Kier alpha value is -2.81. The lowest BCUT2D eigenvalue weighted by Gasteiger charge is -2.38. The Labute approximate surface area is 160 Å². The van der Waals surface area contributed by atoms with Crippen LogP contribution in [0.15, 0.2) is 42.9 Å². The number of alkyl halides is 3. The lowest BCUT2D eigenvalue weighted by Crippen LogP contribution is -2.47. The number of nitrogens with zero attached hydrogens (tertiary/aromatic N) is 6. The molecule has 0 bridgehead atoms. The van der Waals surface area contributed by atoms with Gasteiger partial charge in [0.1, 0.15) is 5.69 Å². The van der Waals surface area contributed by atoms with Crippen LogP contribution in [0.1, 0.15) is 24.2 Å². The third kappa shape index (κ3) is 3.75. The first-order valence-electron chi connectivity index (χ1n) is 9.02. The van der Waals surface area contributed by atoms with Crippen LogP contribution in [0.5, 0.6) is 0 Å². The molecule has 1 atom stereocenters. The minimum atomic E-state index is -4.47. The lowest BCUT2D eigenvalue weighted by molar-refractivity contribution is -0.141. The second kappa shape index (κ2) is 7.31. The van der Waals surface area contributed by atoms with E-state index in [0.717, 1.165) is 28.9 Å². The summed E-state index contributed by atoms with van der Waals surface area (Å²) >= 11 is 0. The second-order valence-corrected chi connectivity index (χ2v) is 6.74. The molecule has 0 aliphatic carbocycles. The van der Waals surface area contributed by atoms with Crippen molar-refractivity contribution in [1.29, 1.82) is 0 Å². The predicted octanol–water partition coefficient (Wildman–Crippen LogP) is 3.32. The zero-order valence-corrected chi connectivity index (χ0v) is 15.3. The first-order chi connectivity index (χ1) is 13.4. The number of piperazine rings is 1. The molecule has 146 valence electrons. The van der Waals surface area contributed by atoms with Gasteiger partial charge >= 0.3 is 6.18 Å². The van der Waals surface area contributed by atoms with Crippen molar-refractivity contribution in [2.45, 2.75) is 19.1 Å². The quantitative estimate of drug-likeness (QED) is 0.686. The molecule has 6 nitrogen and oxygen atoms in total. The molecule has 3 heterocycles. The number of aromatic nitrogens is 4. The summed E-state index contributed by atoms with van der Waals surface area (Å²) in [6, 6.07) is 7.10. The molecule has 0 N–H and O–H groups in total. The maximum absolute atomic E-state index is 12.9. The van der Waals surface area contributed by atoms with E-state index >= 15 is 0 Å². The van der Waals surface area contributed by atoms with Crippen molar-refractivity contribution in [3.05, 3.63) is 54.1 Å². The van der Waals surface area contributed by atoms with Crippen molar-refractivity contribution in [2.75, 3.05) is 31.1 Å². The molecule has 0 spiro atoms. The van der Waals surface area contributed by atoms with Crippen LogP contribution in [0.3, 0.4) is 0 Å². The number of hydrogen-bond donors (Lipinski definition) is 0. The molecule has 1 fully saturated rings. The molecule has 4 rings (SSSR count). The average Bonchev–Trinajstić information content (AvgIpc) is 2.72. The molecule has 2 aromatic heterocycles. The molecule has 1 aliphatic heterocycles. The van der Waals surface area contributed by atoms with Gasteiger partial charge in [0.05, 0.1) is 11.0 Å². The molecule has 1 aromatic carbocycles. The van der Waals surface area contributed by atoms with Crippen molar-refractivity contribution in [3.8, 4) is 0 Å². The Kier molecular flexibility index (Phi) is 4.84. The van der Waals surface area contributed by atoms with Gasteiger partial charge in [-0.25, -0.2) is 9.97 Å². The van der Waals surface area contributed by atoms with Crippen LogP contribution in [-0.2, 0) is 6.18 Å². The number of halogens is 3. The van der Waals surface area contributed by atoms with Gasteiger partial charge in [-0.1, -0.05) is 6.07 Å². The summed E-state index contributed by atoms with van der Waals surface area (Å²) in [5, 5.41) is 0. The highest BCUT2D eigenvalue weighted by Crippen LogP contribution is 2.29. The molecular weight excluding hydrogens is 369 g/mol. The molecule has 3 aromatic rings. The van der Waals surface area contributed by atoms with E-state index < -0.39 is 11.9 Å². The Balaban J connectivity index is 1.44. The maximum Gasteiger partial charge on any atom is 0.433 e. The van der Waals surface area contributed by atoms with Gasteiger partial charge in [-0.15, -0.1) is 0 Å². The summed E-state index contributed by atoms with van der Waals surface area (Å²) in [7, 11) is 0. The number of fused-ring (bicyclic) bond motifs is 1. The average molecular weight is 388 g/mol. The number of benzene rings is 1. The summed E-state index contributed by atoms with van der Waals surface area (Å²) in [4.78, 5) is 20.4. The van der Waals surface area contributed by atoms with E-state index in [9.17, 15) is 13.2 Å². The van der Waals surface area contributed by atoms with E-state index in [-0.39, 0.29) is 12.0 Å². The van der Waals surface area contributed by atoms with Gasteiger partial charge < -0.3 is 4.90 Å². The Morgan fingerprint density at radius 2 is 1.61 bits per heavy atom. The molecule has 9 heteroatoms. The van der Waals surface area contributed by atoms with Crippen molar-refractivity contribution < 1.29 is 13.2 Å². The van der Waals surface area contributed by atoms with E-state index in [1.807, 2.05) is 18.2 Å². The highest BCUT2D eigenvalue weighted by molar-refractivity contribution is 5.74. The van der Waals surface area contributed by atoms with Gasteiger partial charge in [-0.05, 0) is 30.7 Å². The summed E-state index contributed by atoms with van der Waals surface area (Å²) < 4.78 is 38.6. The van der Waals surface area contributed by atoms with Crippen LogP contribution in [0, 0.1) is 0 Å². The van der Waals surface area contributed by atoms with E-state index in [1.54, 1.807) is 17.3 Å². The zero-order valence-electron chi connectivity index (χ0n) is 15.3. The van der Waals surface area contributed by atoms with E-state index in [4.69, 9.17) is 0 Å². The monoisotopic (exact) mass is 388 g/mol. The molecule has 28 heavy (non-hydrogen) atoms. The summed E-state index contributed by atoms with van der Waals surface area (Å²) in [5.74, 6) is 0.128. The summed E-state index contributed by atoms with van der Waals surface area (Å²) in [5.41, 5.74) is 1.93. The fourth-order valence-corrected chi connectivity index (χ4v) is 3.42. The molecular formula is C19H19F3N6. The largest absolute Gasteiger partial charge is 0.433 e. The Morgan fingerprint density at radius 1 is 0.893 bits per heavy atom. The molecule has 0 amide bonds. The van der Waals surface area contributed by atoms with Crippen LogP contribution in [0.2, 0.25) is 0 Å². The third-order valence-electron chi connectivity index (χ3n) is 5.05. The van der Waals surface area contributed by atoms with Gasteiger partial charge in [0.2, 0.25) is 5.95 Å². The van der Waals surface area contributed by atoms with Crippen molar-refractivity contribution in [3.63, 3.8) is 0 Å². The van der Waals surface area contributed by atoms with E-state index in [0.29, 0.717) is 26.2 Å². The van der Waals surface area contributed by atoms with Crippen LogP contribution in [-0.4, -0.2) is 51.0 Å². The summed E-state index contributed by atoms with van der Waals surface area (Å²) in [6.45, 7) is 4.67. The van der Waals surface area contributed by atoms with Crippen LogP contribution >= 0.6 is 0 Å². The standard InChI is InChI=1S/C19H19F3N6/c1-13(14-2-3-15-16(12-14)24-7-6-23-15)27-8-10-28(11-9-27)18-25-5-4-17(26-18)19(20,21)22/h2-7,12-13H,8-11H2,1H3. The fourth-order valence-electron chi connectivity index (χ4n) is 3.42. The lowest BCUT2D eigenvalue weighted by atomic mass is 10.1. The van der Waals surface area contributed by atoms with Gasteiger partial charge in [-0.3, -0.25) is 14.9 Å². The first-order valence-corrected chi connectivity index (χ1v) is 9.02. The number of hydrogen-bond acceptors (Lipinski definition) is 6. The third-order valence-corrected chi connectivity index (χ3v) is 5.05. The number of anilines is 1. The van der Waals surface area contributed by atoms with Crippen LogP contribution in [0.25, 0.3) is 11.0 Å². The van der Waals surface area contributed by atoms with E-state index in [2.05, 4.69) is 31.8 Å². The SMILES string of the molecule is CC(c1ccc2nccnc2c1)N1CCN(c2nccc(C(F)(F)F)n2)CC1. The maximum atomic E-state index is 12.9. The molecule has 1 saturated heterocycles. The molecule has 0 radical (unpaired) electrons. The smallest absolute Gasteiger partial charge is 0.338 e. The molecule has 0 saturated carbocycles. The van der Waals surface area contributed by atoms with Gasteiger partial charge in [0.15, 0.2) is 0 Å². The van der Waals surface area contributed by atoms with Gasteiger partial charge in [0.25, 0.3) is 0 Å². The fraction of sp³-hybridized carbons (Fsp3) is 0.368. The van der Waals surface area contributed by atoms with Crippen LogP contribution < -0.4 is 4.90 Å². The van der Waals surface area contributed by atoms with Gasteiger partial charge in [0, 0.05) is 50.8 Å². The Morgan fingerprint density at radius 3 is 2.32 bits per heavy atom. The zero-order chi connectivity index (χ0) is 19.7. The summed E-state index contributed by atoms with van der Waals surface area (Å²) in [6.07, 6.45) is 0.0361. The molecule has 1 unspecified atom stereocenters. The van der Waals surface area contributed by atoms with Crippen LogP contribution in [0.4, 0.5) is 19.1 Å². The normalized spacial score (nSPS) is 17.1. The number of rotatable bonds is 3. The minimum absolute atomic E-state index is 0.128. The molecule has 1 aliphatic rings. The highest BCUT2D eigenvalue weighted by Gasteiger charge is 2.33. The minimum Gasteiger partial charge on any atom is -0.338 e. The van der Waals surface area contributed by atoms with Crippen molar-refractivity contribution in [1.82, 2.24) is 24.8 Å². The van der Waals surface area contributed by atoms with E-state index in [1.165, 1.54) is 0 Å². The van der Waals surface area contributed by atoms with Crippen molar-refractivity contribution >= 4 is 17.0 Å². The Bertz CT molecular complexity index is 969. The predicted molar refractivity (Wildman–Crippen MR) is 98.8 cm³/mol. The first kappa shape index (κ1) is 18.5. The highest BCUT2D eigenvalue weighted by atomic mass is 19.4. The second-order valence-electron chi connectivity index (χ2n) is 6.74. The van der Waals surface area contributed by atoms with Crippen molar-refractivity contribution in [2.24, 2.45) is 0 Å². The van der Waals surface area contributed by atoms with Gasteiger partial charge in [-0.2, -0.15) is 13.2 Å². The topological polar surface area (TPSA) is 58.0 Å².